The van der Waals surface area contributed by atoms with Crippen LogP contribution in [0.3, 0.4) is 0 Å². The minimum absolute atomic E-state index is 0.0451. The van der Waals surface area contributed by atoms with Crippen LogP contribution in [-0.2, 0) is 9.53 Å². The van der Waals surface area contributed by atoms with Gasteiger partial charge in [0.05, 0.1) is 12.2 Å². The van der Waals surface area contributed by atoms with E-state index in [4.69, 9.17) is 4.74 Å². The zero-order chi connectivity index (χ0) is 15.2. The van der Waals surface area contributed by atoms with E-state index in [0.717, 1.165) is 19.3 Å². The van der Waals surface area contributed by atoms with E-state index in [0.29, 0.717) is 12.8 Å². The maximum absolute atomic E-state index is 11.7. The first-order chi connectivity index (χ1) is 10.1. The second kappa shape index (κ2) is 7.57. The molecule has 0 aromatic carbocycles. The number of allylic oxidation sites excluding steroid dienone is 2. The van der Waals surface area contributed by atoms with E-state index in [9.17, 15) is 15.0 Å². The minimum atomic E-state index is -0.743. The van der Waals surface area contributed by atoms with Crippen molar-refractivity contribution in [3.63, 3.8) is 0 Å². The quantitative estimate of drug-likeness (QED) is 0.574. The molecule has 0 aromatic heterocycles. The molecule has 4 heteroatoms. The summed E-state index contributed by atoms with van der Waals surface area (Å²) in [4.78, 5) is 11.7. The van der Waals surface area contributed by atoms with Crippen LogP contribution in [0.15, 0.2) is 37.0 Å². The van der Waals surface area contributed by atoms with E-state index >= 15 is 0 Å². The summed E-state index contributed by atoms with van der Waals surface area (Å²) < 4.78 is 5.27. The highest BCUT2D eigenvalue weighted by Crippen LogP contribution is 2.36. The molecule has 0 bridgehead atoms. The van der Waals surface area contributed by atoms with Crippen LogP contribution in [0.25, 0.3) is 0 Å². The monoisotopic (exact) mass is 292 g/mol. The molecule has 1 aliphatic carbocycles. The smallest absolute Gasteiger partial charge is 0.331 e. The Morgan fingerprint density at radius 3 is 2.86 bits per heavy atom. The summed E-state index contributed by atoms with van der Waals surface area (Å²) in [7, 11) is 0. The normalized spacial score (nSPS) is 40.9. The molecule has 21 heavy (non-hydrogen) atoms. The van der Waals surface area contributed by atoms with Gasteiger partial charge < -0.3 is 14.9 Å². The fourth-order valence-corrected chi connectivity index (χ4v) is 3.13. The molecule has 5 atom stereocenters. The lowest BCUT2D eigenvalue weighted by Gasteiger charge is -2.19. The van der Waals surface area contributed by atoms with E-state index in [2.05, 4.69) is 18.7 Å². The number of esters is 1. The number of cyclic esters (lactones) is 1. The predicted octanol–water partition coefficient (Wildman–Crippen LogP) is 2.13. The molecule has 2 N–H and O–H groups in total. The number of rotatable bonds is 1. The Morgan fingerprint density at radius 2 is 2.10 bits per heavy atom. The van der Waals surface area contributed by atoms with Crippen molar-refractivity contribution in [2.75, 3.05) is 0 Å². The van der Waals surface area contributed by atoms with Crippen molar-refractivity contribution >= 4 is 5.97 Å². The van der Waals surface area contributed by atoms with E-state index in [-0.39, 0.29) is 24.0 Å². The van der Waals surface area contributed by atoms with Gasteiger partial charge >= 0.3 is 5.97 Å². The minimum Gasteiger partial charge on any atom is -0.455 e. The highest BCUT2D eigenvalue weighted by Gasteiger charge is 2.35. The van der Waals surface area contributed by atoms with Gasteiger partial charge in [-0.05, 0) is 50.0 Å². The van der Waals surface area contributed by atoms with Gasteiger partial charge in [-0.2, -0.15) is 0 Å². The van der Waals surface area contributed by atoms with Crippen molar-refractivity contribution < 1.29 is 19.7 Å². The average Bonchev–Trinajstić information content (AvgIpc) is 2.83. The van der Waals surface area contributed by atoms with Gasteiger partial charge in [0.2, 0.25) is 0 Å². The molecule has 1 fully saturated rings. The SMILES string of the molecule is C=C[C@@H]1CCC/C=C/[C@@H]2C[C@H](O)C[C@H]2[C@H](O)/C=C/C(=O)O1. The molecule has 0 unspecified atom stereocenters. The van der Waals surface area contributed by atoms with E-state index in [1.165, 1.54) is 12.2 Å². The van der Waals surface area contributed by atoms with Crippen LogP contribution in [0.4, 0.5) is 0 Å². The zero-order valence-electron chi connectivity index (χ0n) is 12.2. The Hall–Kier alpha value is -1.39. The van der Waals surface area contributed by atoms with Crippen molar-refractivity contribution in [2.45, 2.75) is 50.4 Å². The van der Waals surface area contributed by atoms with Crippen molar-refractivity contribution in [3.05, 3.63) is 37.0 Å². The Bertz CT molecular complexity index is 427. The largest absolute Gasteiger partial charge is 0.455 e. The second-order valence-electron chi connectivity index (χ2n) is 5.87. The third-order valence-corrected chi connectivity index (χ3v) is 4.28. The lowest BCUT2D eigenvalue weighted by atomic mass is 9.90. The fourth-order valence-electron chi connectivity index (χ4n) is 3.13. The predicted molar refractivity (Wildman–Crippen MR) is 80.4 cm³/mol. The summed E-state index contributed by atoms with van der Waals surface area (Å²) in [6.45, 7) is 3.68. The highest BCUT2D eigenvalue weighted by molar-refractivity contribution is 5.82. The lowest BCUT2D eigenvalue weighted by molar-refractivity contribution is -0.141. The fraction of sp³-hybridized carbons (Fsp3) is 0.588. The summed E-state index contributed by atoms with van der Waals surface area (Å²) in [5.74, 6) is -0.343. The molecule has 2 rings (SSSR count). The highest BCUT2D eigenvalue weighted by atomic mass is 16.5. The molecule has 0 radical (unpaired) electrons. The van der Waals surface area contributed by atoms with Crippen LogP contribution in [-0.4, -0.2) is 34.5 Å². The Labute approximate surface area is 125 Å². The van der Waals surface area contributed by atoms with Crippen molar-refractivity contribution in [2.24, 2.45) is 11.8 Å². The summed E-state index contributed by atoms with van der Waals surface area (Å²) in [6.07, 6.45) is 11.0. The standard InChI is InChI=1S/C17H24O4/c1-2-14-7-5-3-4-6-12-10-13(18)11-15(12)16(19)8-9-17(20)21-14/h2,4,6,8-9,12-16,18-19H,1,3,5,7,10-11H2/b6-4+,9-8+/t12-,13+,14-,15-,16-/m1/s1. The number of aliphatic hydroxyl groups excluding tert-OH is 2. The third-order valence-electron chi connectivity index (χ3n) is 4.28. The first-order valence-electron chi connectivity index (χ1n) is 7.64. The Balaban J connectivity index is 2.12. The van der Waals surface area contributed by atoms with Gasteiger partial charge in [0.15, 0.2) is 0 Å². The van der Waals surface area contributed by atoms with Crippen LogP contribution in [0, 0.1) is 11.8 Å². The first-order valence-corrected chi connectivity index (χ1v) is 7.64. The average molecular weight is 292 g/mol. The van der Waals surface area contributed by atoms with Gasteiger partial charge in [0, 0.05) is 6.08 Å². The summed E-state index contributed by atoms with van der Waals surface area (Å²) in [5, 5.41) is 20.0. The van der Waals surface area contributed by atoms with Crippen molar-refractivity contribution in [3.8, 4) is 0 Å². The van der Waals surface area contributed by atoms with E-state index < -0.39 is 12.1 Å². The molecule has 1 saturated carbocycles. The van der Waals surface area contributed by atoms with Crippen molar-refractivity contribution in [1.29, 1.82) is 0 Å². The van der Waals surface area contributed by atoms with Gasteiger partial charge in [0.25, 0.3) is 0 Å². The van der Waals surface area contributed by atoms with E-state index in [1.54, 1.807) is 6.08 Å². The maximum Gasteiger partial charge on any atom is 0.331 e. The maximum atomic E-state index is 11.7. The van der Waals surface area contributed by atoms with Gasteiger partial charge in [-0.25, -0.2) is 4.79 Å². The van der Waals surface area contributed by atoms with Crippen LogP contribution in [0.1, 0.15) is 32.1 Å². The number of hydrogen-bond donors (Lipinski definition) is 2. The van der Waals surface area contributed by atoms with Crippen LogP contribution < -0.4 is 0 Å². The molecule has 2 aliphatic rings. The van der Waals surface area contributed by atoms with Crippen LogP contribution in [0.2, 0.25) is 0 Å². The number of fused-ring (bicyclic) bond motifs is 1. The van der Waals surface area contributed by atoms with Crippen LogP contribution in [0.5, 0.6) is 0 Å². The van der Waals surface area contributed by atoms with Gasteiger partial charge in [-0.3, -0.25) is 0 Å². The Morgan fingerprint density at radius 1 is 1.29 bits per heavy atom. The molecule has 1 aliphatic heterocycles. The van der Waals surface area contributed by atoms with Gasteiger partial charge in [-0.1, -0.05) is 24.8 Å². The molecular weight excluding hydrogens is 268 g/mol. The number of aliphatic hydroxyl groups is 2. The van der Waals surface area contributed by atoms with Gasteiger partial charge in [-0.15, -0.1) is 0 Å². The molecule has 0 aromatic rings. The van der Waals surface area contributed by atoms with Crippen molar-refractivity contribution in [1.82, 2.24) is 0 Å². The molecule has 0 amide bonds. The molecule has 116 valence electrons. The zero-order valence-corrected chi connectivity index (χ0v) is 12.2. The number of carbonyl (C=O) groups excluding carboxylic acids is 1. The summed E-state index contributed by atoms with van der Waals surface area (Å²) >= 11 is 0. The summed E-state index contributed by atoms with van der Waals surface area (Å²) in [6, 6.07) is 0. The Kier molecular flexibility index (Phi) is 5.76. The van der Waals surface area contributed by atoms with Gasteiger partial charge in [0.1, 0.15) is 6.10 Å². The summed E-state index contributed by atoms with van der Waals surface area (Å²) in [5.41, 5.74) is 0. The third kappa shape index (κ3) is 4.55. The number of ether oxygens (including phenoxy) is 1. The molecule has 0 spiro atoms. The molecule has 4 nitrogen and oxygen atoms in total. The lowest BCUT2D eigenvalue weighted by Crippen LogP contribution is -2.22. The molecule has 1 heterocycles. The number of hydrogen-bond acceptors (Lipinski definition) is 4. The second-order valence-corrected chi connectivity index (χ2v) is 5.87. The van der Waals surface area contributed by atoms with E-state index in [1.807, 2.05) is 0 Å². The topological polar surface area (TPSA) is 66.8 Å². The van der Waals surface area contributed by atoms with Crippen LogP contribution >= 0.6 is 0 Å². The molecular formula is C17H24O4. The first kappa shape index (κ1) is 16.0. The molecule has 0 saturated heterocycles. The number of carbonyl (C=O) groups is 1.